The molecular weight excluding hydrogens is 288 g/mol. The van der Waals surface area contributed by atoms with Gasteiger partial charge in [0.2, 0.25) is 0 Å². The molecule has 118 valence electrons. The third kappa shape index (κ3) is 3.94. The number of hydrogen-bond acceptors (Lipinski definition) is 5. The van der Waals surface area contributed by atoms with E-state index in [0.717, 1.165) is 5.39 Å². The standard InChI is InChI=1S/C14H18N4O4/c1-14(2,3)22-13(21)18-10(12(19)20)4-8-5-16-11-9(8)6-15-7-17-11/h5-7,10H,4H2,1-3H3,(H,18,21)(H,19,20)(H,15,16,17). The van der Waals surface area contributed by atoms with E-state index in [-0.39, 0.29) is 6.42 Å². The lowest BCUT2D eigenvalue weighted by Gasteiger charge is -2.21. The molecule has 22 heavy (non-hydrogen) atoms. The number of aromatic amines is 1. The molecule has 0 saturated heterocycles. The van der Waals surface area contributed by atoms with Gasteiger partial charge in [0.15, 0.2) is 0 Å². The van der Waals surface area contributed by atoms with Crippen LogP contribution in [0.4, 0.5) is 4.79 Å². The number of nitrogens with one attached hydrogen (secondary N) is 2. The van der Waals surface area contributed by atoms with Gasteiger partial charge in [0.1, 0.15) is 23.6 Å². The van der Waals surface area contributed by atoms with E-state index in [2.05, 4.69) is 20.3 Å². The second-order valence-corrected chi connectivity index (χ2v) is 5.84. The van der Waals surface area contributed by atoms with Crippen LogP contribution < -0.4 is 5.32 Å². The van der Waals surface area contributed by atoms with Gasteiger partial charge in [0, 0.05) is 24.2 Å². The van der Waals surface area contributed by atoms with Crippen LogP contribution in [0.1, 0.15) is 26.3 Å². The van der Waals surface area contributed by atoms with Crippen molar-refractivity contribution < 1.29 is 19.4 Å². The van der Waals surface area contributed by atoms with Crippen LogP contribution in [-0.4, -0.2) is 43.8 Å². The fourth-order valence-electron chi connectivity index (χ4n) is 1.95. The van der Waals surface area contributed by atoms with Crippen molar-refractivity contribution in [2.45, 2.75) is 38.8 Å². The van der Waals surface area contributed by atoms with Crippen molar-refractivity contribution in [1.29, 1.82) is 0 Å². The molecule has 8 nitrogen and oxygen atoms in total. The first-order valence-corrected chi connectivity index (χ1v) is 6.74. The minimum absolute atomic E-state index is 0.0992. The molecule has 0 aliphatic carbocycles. The van der Waals surface area contributed by atoms with Gasteiger partial charge in [-0.1, -0.05) is 0 Å². The number of carboxylic acids is 1. The number of nitrogens with zero attached hydrogens (tertiary/aromatic N) is 2. The summed E-state index contributed by atoms with van der Waals surface area (Å²) in [4.78, 5) is 34.0. The van der Waals surface area contributed by atoms with Gasteiger partial charge < -0.3 is 20.1 Å². The van der Waals surface area contributed by atoms with E-state index in [1.54, 1.807) is 33.2 Å². The molecule has 0 radical (unpaired) electrons. The van der Waals surface area contributed by atoms with Crippen molar-refractivity contribution in [3.05, 3.63) is 24.3 Å². The van der Waals surface area contributed by atoms with Crippen LogP contribution in [-0.2, 0) is 16.0 Å². The van der Waals surface area contributed by atoms with E-state index < -0.39 is 23.7 Å². The Labute approximate surface area is 126 Å². The summed E-state index contributed by atoms with van der Waals surface area (Å²) in [7, 11) is 0. The average molecular weight is 306 g/mol. The fourth-order valence-corrected chi connectivity index (χ4v) is 1.95. The molecule has 0 aliphatic heterocycles. The number of rotatable bonds is 4. The monoisotopic (exact) mass is 306 g/mol. The molecule has 2 aromatic heterocycles. The number of ether oxygens (including phenoxy) is 1. The van der Waals surface area contributed by atoms with E-state index in [0.29, 0.717) is 11.2 Å². The lowest BCUT2D eigenvalue weighted by molar-refractivity contribution is -0.139. The van der Waals surface area contributed by atoms with Crippen LogP contribution in [0.5, 0.6) is 0 Å². The van der Waals surface area contributed by atoms with Gasteiger partial charge in [-0.15, -0.1) is 0 Å². The number of hydrogen-bond donors (Lipinski definition) is 3. The van der Waals surface area contributed by atoms with Gasteiger partial charge in [-0.25, -0.2) is 19.6 Å². The lowest BCUT2D eigenvalue weighted by Crippen LogP contribution is -2.44. The van der Waals surface area contributed by atoms with E-state index in [1.807, 2.05) is 0 Å². The smallest absolute Gasteiger partial charge is 0.408 e. The number of aliphatic carboxylic acids is 1. The van der Waals surface area contributed by atoms with E-state index in [4.69, 9.17) is 4.74 Å². The number of alkyl carbamates (subject to hydrolysis) is 1. The molecular formula is C14H18N4O4. The van der Waals surface area contributed by atoms with Crippen molar-refractivity contribution in [2.75, 3.05) is 0 Å². The van der Waals surface area contributed by atoms with Crippen molar-refractivity contribution in [3.63, 3.8) is 0 Å². The van der Waals surface area contributed by atoms with E-state index >= 15 is 0 Å². The maximum Gasteiger partial charge on any atom is 0.408 e. The summed E-state index contributed by atoms with van der Waals surface area (Å²) in [6.07, 6.45) is 3.99. The first-order valence-electron chi connectivity index (χ1n) is 6.74. The molecule has 2 rings (SSSR count). The molecule has 1 amide bonds. The Balaban J connectivity index is 2.12. The van der Waals surface area contributed by atoms with Crippen LogP contribution in [0.25, 0.3) is 11.0 Å². The lowest BCUT2D eigenvalue weighted by atomic mass is 10.1. The summed E-state index contributed by atoms with van der Waals surface area (Å²) in [5.74, 6) is -1.14. The molecule has 0 aliphatic rings. The Morgan fingerprint density at radius 3 is 2.82 bits per heavy atom. The number of carbonyl (C=O) groups excluding carboxylic acids is 1. The van der Waals surface area contributed by atoms with Gasteiger partial charge >= 0.3 is 12.1 Å². The third-order valence-electron chi connectivity index (χ3n) is 2.85. The summed E-state index contributed by atoms with van der Waals surface area (Å²) in [6, 6.07) is -1.10. The highest BCUT2D eigenvalue weighted by Gasteiger charge is 2.25. The molecule has 0 spiro atoms. The van der Waals surface area contributed by atoms with Crippen molar-refractivity contribution in [2.24, 2.45) is 0 Å². The van der Waals surface area contributed by atoms with Crippen LogP contribution in [0.15, 0.2) is 18.7 Å². The molecule has 3 N–H and O–H groups in total. The van der Waals surface area contributed by atoms with Crippen LogP contribution in [0.2, 0.25) is 0 Å². The van der Waals surface area contributed by atoms with Gasteiger partial charge in [-0.05, 0) is 26.3 Å². The summed E-state index contributed by atoms with van der Waals surface area (Å²) >= 11 is 0. The Bertz CT molecular complexity index is 689. The van der Waals surface area contributed by atoms with Crippen LogP contribution >= 0.6 is 0 Å². The van der Waals surface area contributed by atoms with Gasteiger partial charge in [-0.2, -0.15) is 0 Å². The molecule has 2 heterocycles. The summed E-state index contributed by atoms with van der Waals surface area (Å²) in [5, 5.41) is 12.4. The minimum Gasteiger partial charge on any atom is -0.480 e. The second-order valence-electron chi connectivity index (χ2n) is 5.84. The third-order valence-corrected chi connectivity index (χ3v) is 2.85. The van der Waals surface area contributed by atoms with Crippen molar-refractivity contribution in [3.8, 4) is 0 Å². The van der Waals surface area contributed by atoms with Crippen LogP contribution in [0.3, 0.4) is 0 Å². The zero-order valence-electron chi connectivity index (χ0n) is 12.6. The predicted octanol–water partition coefficient (Wildman–Crippen LogP) is 1.48. The molecule has 0 fully saturated rings. The fraction of sp³-hybridized carbons (Fsp3) is 0.429. The van der Waals surface area contributed by atoms with E-state index in [1.165, 1.54) is 6.33 Å². The molecule has 0 aromatic carbocycles. The van der Waals surface area contributed by atoms with E-state index in [9.17, 15) is 14.7 Å². The molecule has 8 heteroatoms. The Morgan fingerprint density at radius 1 is 1.45 bits per heavy atom. The number of carbonyl (C=O) groups is 2. The molecule has 1 unspecified atom stereocenters. The van der Waals surface area contributed by atoms with Gasteiger partial charge in [0.05, 0.1) is 0 Å². The number of H-pyrrole nitrogens is 1. The number of amides is 1. The first-order chi connectivity index (χ1) is 10.3. The Morgan fingerprint density at radius 2 is 2.18 bits per heavy atom. The predicted molar refractivity (Wildman–Crippen MR) is 78.4 cm³/mol. The summed E-state index contributed by atoms with van der Waals surface area (Å²) in [5.41, 5.74) is 0.632. The maximum absolute atomic E-state index is 11.7. The summed E-state index contributed by atoms with van der Waals surface area (Å²) in [6.45, 7) is 5.12. The average Bonchev–Trinajstić information content (AvgIpc) is 2.79. The zero-order valence-corrected chi connectivity index (χ0v) is 12.6. The minimum atomic E-state index is -1.14. The Hall–Kier alpha value is -2.64. The molecule has 0 bridgehead atoms. The highest BCUT2D eigenvalue weighted by molar-refractivity contribution is 5.83. The molecule has 1 atom stereocenters. The molecule has 0 saturated carbocycles. The number of carboxylic acid groups (broad SMARTS) is 1. The SMILES string of the molecule is CC(C)(C)OC(=O)NC(Cc1c[nH]c2ncncc12)C(=O)O. The largest absolute Gasteiger partial charge is 0.480 e. The second kappa shape index (κ2) is 6.00. The normalized spacial score (nSPS) is 12.9. The van der Waals surface area contributed by atoms with Gasteiger partial charge in [-0.3, -0.25) is 0 Å². The zero-order chi connectivity index (χ0) is 16.3. The molecule has 2 aromatic rings. The first kappa shape index (κ1) is 15.7. The number of fused-ring (bicyclic) bond motifs is 1. The highest BCUT2D eigenvalue weighted by atomic mass is 16.6. The topological polar surface area (TPSA) is 117 Å². The quantitative estimate of drug-likeness (QED) is 0.787. The van der Waals surface area contributed by atoms with Gasteiger partial charge in [0.25, 0.3) is 0 Å². The highest BCUT2D eigenvalue weighted by Crippen LogP contribution is 2.16. The van der Waals surface area contributed by atoms with Crippen LogP contribution in [0, 0.1) is 0 Å². The van der Waals surface area contributed by atoms with Crippen molar-refractivity contribution >= 4 is 23.1 Å². The number of aromatic nitrogens is 3. The maximum atomic E-state index is 11.7. The van der Waals surface area contributed by atoms with Crippen molar-refractivity contribution in [1.82, 2.24) is 20.3 Å². The Kier molecular flexibility index (Phi) is 4.30. The summed E-state index contributed by atoms with van der Waals surface area (Å²) < 4.78 is 5.08.